The van der Waals surface area contributed by atoms with E-state index in [2.05, 4.69) is 42.1 Å². The van der Waals surface area contributed by atoms with Crippen molar-refractivity contribution in [2.24, 2.45) is 5.92 Å². The number of benzene rings is 1. The van der Waals surface area contributed by atoms with Crippen molar-refractivity contribution in [3.05, 3.63) is 35.9 Å². The quantitative estimate of drug-likeness (QED) is 0.753. The third-order valence-corrected chi connectivity index (χ3v) is 3.11. The number of hydrogen-bond acceptors (Lipinski definition) is 3. The molecule has 1 heterocycles. The number of carbonyl (C=O) groups is 1. The third-order valence-electron chi connectivity index (χ3n) is 3.11. The van der Waals surface area contributed by atoms with Gasteiger partial charge in [-0.2, -0.15) is 0 Å². The summed E-state index contributed by atoms with van der Waals surface area (Å²) < 4.78 is 0. The van der Waals surface area contributed by atoms with Crippen molar-refractivity contribution < 1.29 is 4.79 Å². The van der Waals surface area contributed by atoms with Gasteiger partial charge in [-0.25, -0.2) is 10.9 Å². The van der Waals surface area contributed by atoms with Gasteiger partial charge in [0.05, 0.1) is 0 Å². The summed E-state index contributed by atoms with van der Waals surface area (Å²) in [6.45, 7) is 4.91. The summed E-state index contributed by atoms with van der Waals surface area (Å²) in [6.07, 6.45) is 0.786. The van der Waals surface area contributed by atoms with E-state index < -0.39 is 0 Å². The van der Waals surface area contributed by atoms with Crippen molar-refractivity contribution in [2.45, 2.75) is 32.4 Å². The zero-order chi connectivity index (χ0) is 13.0. The van der Waals surface area contributed by atoms with E-state index in [1.807, 2.05) is 18.2 Å². The summed E-state index contributed by atoms with van der Waals surface area (Å²) in [5.41, 5.74) is 7.46. The van der Waals surface area contributed by atoms with Crippen molar-refractivity contribution in [1.29, 1.82) is 0 Å². The molecule has 1 fully saturated rings. The van der Waals surface area contributed by atoms with Gasteiger partial charge >= 0.3 is 0 Å². The minimum absolute atomic E-state index is 0.0784. The molecule has 1 aromatic rings. The molecule has 18 heavy (non-hydrogen) atoms. The maximum Gasteiger partial charge on any atom is 0.238 e. The second-order valence-corrected chi connectivity index (χ2v) is 5.18. The third kappa shape index (κ3) is 3.31. The average molecular weight is 247 g/mol. The Labute approximate surface area is 108 Å². The fraction of sp³-hybridized carbons (Fsp3) is 0.500. The highest BCUT2D eigenvalue weighted by molar-refractivity contribution is 5.82. The molecule has 1 aliphatic rings. The van der Waals surface area contributed by atoms with E-state index in [0.29, 0.717) is 5.92 Å². The molecule has 0 radical (unpaired) electrons. The topological polar surface area (TPSA) is 53.2 Å². The second-order valence-electron chi connectivity index (χ2n) is 5.18. The highest BCUT2D eigenvalue weighted by atomic mass is 16.2. The van der Waals surface area contributed by atoms with E-state index in [1.54, 1.807) is 0 Å². The first-order valence-electron chi connectivity index (χ1n) is 6.50. The van der Waals surface area contributed by atoms with Crippen LogP contribution in [0.1, 0.15) is 31.9 Å². The molecule has 1 aromatic carbocycles. The van der Waals surface area contributed by atoms with Crippen molar-refractivity contribution in [2.75, 3.05) is 6.54 Å². The van der Waals surface area contributed by atoms with Crippen LogP contribution in [0.25, 0.3) is 0 Å². The van der Waals surface area contributed by atoms with Gasteiger partial charge in [-0.3, -0.25) is 4.79 Å². The first-order chi connectivity index (χ1) is 8.66. The Hall–Kier alpha value is -1.39. The van der Waals surface area contributed by atoms with Gasteiger partial charge in [0.2, 0.25) is 5.91 Å². The van der Waals surface area contributed by atoms with Gasteiger partial charge in [-0.05, 0) is 17.9 Å². The van der Waals surface area contributed by atoms with Crippen LogP contribution in [0.2, 0.25) is 0 Å². The van der Waals surface area contributed by atoms with E-state index in [9.17, 15) is 4.79 Å². The van der Waals surface area contributed by atoms with Crippen LogP contribution in [0.4, 0.5) is 0 Å². The lowest BCUT2D eigenvalue weighted by Crippen LogP contribution is -2.44. The lowest BCUT2D eigenvalue weighted by Gasteiger charge is -2.12. The van der Waals surface area contributed by atoms with Crippen LogP contribution in [0.3, 0.4) is 0 Å². The van der Waals surface area contributed by atoms with Gasteiger partial charge < -0.3 is 5.32 Å². The molecule has 3 N–H and O–H groups in total. The molecule has 2 atom stereocenters. The van der Waals surface area contributed by atoms with E-state index in [0.717, 1.165) is 13.0 Å². The average Bonchev–Trinajstić information content (AvgIpc) is 2.86. The SMILES string of the molecule is CC(C)CNC(=O)C1CC(c2ccccc2)NN1. The van der Waals surface area contributed by atoms with Crippen molar-refractivity contribution in [3.8, 4) is 0 Å². The first kappa shape index (κ1) is 13.1. The standard InChI is InChI=1S/C14H21N3O/c1-10(2)9-15-14(18)13-8-12(16-17-13)11-6-4-3-5-7-11/h3-7,10,12-13,16-17H,8-9H2,1-2H3,(H,15,18). The predicted molar refractivity (Wildman–Crippen MR) is 71.7 cm³/mol. The Morgan fingerprint density at radius 3 is 2.72 bits per heavy atom. The number of hydrazine groups is 1. The molecule has 1 amide bonds. The molecular formula is C14H21N3O. The summed E-state index contributed by atoms with van der Waals surface area (Å²) in [7, 11) is 0. The Kier molecular flexibility index (Phi) is 4.33. The minimum Gasteiger partial charge on any atom is -0.354 e. The predicted octanol–water partition coefficient (Wildman–Crippen LogP) is 1.37. The van der Waals surface area contributed by atoms with E-state index in [4.69, 9.17) is 0 Å². The number of nitrogens with one attached hydrogen (secondary N) is 3. The number of amides is 1. The molecule has 0 saturated carbocycles. The van der Waals surface area contributed by atoms with Gasteiger partial charge in [-0.1, -0.05) is 44.2 Å². The minimum atomic E-state index is -0.144. The van der Waals surface area contributed by atoms with Gasteiger partial charge in [0.25, 0.3) is 0 Å². The molecule has 4 heteroatoms. The van der Waals surface area contributed by atoms with Crippen molar-refractivity contribution >= 4 is 5.91 Å². The second kappa shape index (κ2) is 5.98. The van der Waals surface area contributed by atoms with Crippen LogP contribution in [0.5, 0.6) is 0 Å². The summed E-state index contributed by atoms with van der Waals surface area (Å²) >= 11 is 0. The van der Waals surface area contributed by atoms with Crippen LogP contribution in [-0.4, -0.2) is 18.5 Å². The molecule has 1 aliphatic heterocycles. The van der Waals surface area contributed by atoms with Crippen LogP contribution in [-0.2, 0) is 4.79 Å². The summed E-state index contributed by atoms with van der Waals surface area (Å²) in [6, 6.07) is 10.3. The van der Waals surface area contributed by atoms with E-state index >= 15 is 0 Å². The summed E-state index contributed by atoms with van der Waals surface area (Å²) in [5.74, 6) is 0.558. The summed E-state index contributed by atoms with van der Waals surface area (Å²) in [4.78, 5) is 11.9. The highest BCUT2D eigenvalue weighted by Crippen LogP contribution is 2.21. The normalized spacial score (nSPS) is 23.3. The largest absolute Gasteiger partial charge is 0.354 e. The monoisotopic (exact) mass is 247 g/mol. The van der Waals surface area contributed by atoms with Gasteiger partial charge in [0.15, 0.2) is 0 Å². The van der Waals surface area contributed by atoms with Crippen LogP contribution < -0.4 is 16.2 Å². The van der Waals surface area contributed by atoms with E-state index in [-0.39, 0.29) is 18.0 Å². The maximum atomic E-state index is 11.9. The Morgan fingerprint density at radius 1 is 1.33 bits per heavy atom. The molecule has 0 aliphatic carbocycles. The van der Waals surface area contributed by atoms with Crippen LogP contribution >= 0.6 is 0 Å². The fourth-order valence-corrected chi connectivity index (χ4v) is 2.06. The molecule has 2 rings (SSSR count). The first-order valence-corrected chi connectivity index (χ1v) is 6.50. The molecule has 0 bridgehead atoms. The molecular weight excluding hydrogens is 226 g/mol. The zero-order valence-corrected chi connectivity index (χ0v) is 10.9. The Balaban J connectivity index is 1.87. The Morgan fingerprint density at radius 2 is 2.06 bits per heavy atom. The van der Waals surface area contributed by atoms with Gasteiger partial charge in [0, 0.05) is 12.6 Å². The molecule has 98 valence electrons. The number of carbonyl (C=O) groups excluding carboxylic acids is 1. The Bertz CT molecular complexity index is 391. The van der Waals surface area contributed by atoms with Crippen LogP contribution in [0.15, 0.2) is 30.3 Å². The van der Waals surface area contributed by atoms with E-state index in [1.165, 1.54) is 5.56 Å². The highest BCUT2D eigenvalue weighted by Gasteiger charge is 2.29. The van der Waals surface area contributed by atoms with Gasteiger partial charge in [-0.15, -0.1) is 0 Å². The molecule has 1 saturated heterocycles. The molecule has 2 unspecified atom stereocenters. The zero-order valence-electron chi connectivity index (χ0n) is 10.9. The molecule has 4 nitrogen and oxygen atoms in total. The number of rotatable bonds is 4. The lowest BCUT2D eigenvalue weighted by molar-refractivity contribution is -0.123. The smallest absolute Gasteiger partial charge is 0.238 e. The molecule has 0 aromatic heterocycles. The number of hydrogen-bond donors (Lipinski definition) is 3. The maximum absolute atomic E-state index is 11.9. The molecule has 0 spiro atoms. The fourth-order valence-electron chi connectivity index (χ4n) is 2.06. The lowest BCUT2D eigenvalue weighted by atomic mass is 10.0. The van der Waals surface area contributed by atoms with Crippen molar-refractivity contribution in [1.82, 2.24) is 16.2 Å². The van der Waals surface area contributed by atoms with Crippen LogP contribution in [0, 0.1) is 5.92 Å². The summed E-state index contributed by atoms with van der Waals surface area (Å²) in [5, 5.41) is 2.95. The van der Waals surface area contributed by atoms with Crippen molar-refractivity contribution in [3.63, 3.8) is 0 Å². The van der Waals surface area contributed by atoms with Gasteiger partial charge in [0.1, 0.15) is 6.04 Å².